The topological polar surface area (TPSA) is 38.3 Å². The second-order valence-corrected chi connectivity index (χ2v) is 6.17. The van der Waals surface area contributed by atoms with Crippen molar-refractivity contribution in [2.24, 2.45) is 0 Å². The molecule has 0 aliphatic heterocycles. The molecule has 28 heavy (non-hydrogen) atoms. The van der Waals surface area contributed by atoms with Crippen molar-refractivity contribution in [2.75, 3.05) is 0 Å². The molecule has 1 amide bonds. The summed E-state index contributed by atoms with van der Waals surface area (Å²) in [4.78, 5) is 12.5. The zero-order valence-electron chi connectivity index (χ0n) is 14.8. The maximum absolute atomic E-state index is 13.3. The monoisotopic (exact) mass is 385 g/mol. The molecule has 0 aliphatic carbocycles. The fourth-order valence-corrected chi connectivity index (χ4v) is 2.89. The van der Waals surface area contributed by atoms with Crippen molar-refractivity contribution in [3.63, 3.8) is 0 Å². The van der Waals surface area contributed by atoms with Gasteiger partial charge >= 0.3 is 6.61 Å². The van der Waals surface area contributed by atoms with Crippen molar-refractivity contribution in [3.05, 3.63) is 101 Å². The molecule has 6 heteroatoms. The Kier molecular flexibility index (Phi) is 6.32. The lowest BCUT2D eigenvalue weighted by Gasteiger charge is -2.20. The van der Waals surface area contributed by atoms with Gasteiger partial charge < -0.3 is 10.1 Å². The van der Waals surface area contributed by atoms with Crippen LogP contribution in [0.1, 0.15) is 22.7 Å². The van der Waals surface area contributed by atoms with E-state index >= 15 is 0 Å². The quantitative estimate of drug-likeness (QED) is 0.630. The first kappa shape index (κ1) is 19.5. The highest BCUT2D eigenvalue weighted by atomic mass is 19.3. The lowest BCUT2D eigenvalue weighted by Crippen LogP contribution is -2.30. The lowest BCUT2D eigenvalue weighted by molar-refractivity contribution is -0.120. The fourth-order valence-electron chi connectivity index (χ4n) is 2.89. The molecule has 0 radical (unpaired) electrons. The van der Waals surface area contributed by atoms with Crippen LogP contribution in [-0.2, 0) is 11.2 Å². The average Bonchev–Trinajstić information content (AvgIpc) is 2.67. The molecule has 0 aliphatic rings. The van der Waals surface area contributed by atoms with E-state index in [0.717, 1.165) is 5.56 Å². The highest BCUT2D eigenvalue weighted by Gasteiger charge is 2.17. The van der Waals surface area contributed by atoms with E-state index < -0.39 is 18.5 Å². The summed E-state index contributed by atoms with van der Waals surface area (Å²) in [6.45, 7) is -2.90. The summed E-state index contributed by atoms with van der Waals surface area (Å²) in [5, 5.41) is 2.93. The van der Waals surface area contributed by atoms with Crippen molar-refractivity contribution in [1.29, 1.82) is 0 Å². The number of benzene rings is 3. The third-order valence-corrected chi connectivity index (χ3v) is 4.13. The van der Waals surface area contributed by atoms with Gasteiger partial charge in [-0.3, -0.25) is 4.79 Å². The molecule has 0 aromatic heterocycles. The maximum atomic E-state index is 13.3. The van der Waals surface area contributed by atoms with Crippen LogP contribution in [0.25, 0.3) is 0 Å². The van der Waals surface area contributed by atoms with Crippen molar-refractivity contribution < 1.29 is 22.7 Å². The third-order valence-electron chi connectivity index (χ3n) is 4.13. The summed E-state index contributed by atoms with van der Waals surface area (Å²) < 4.78 is 42.4. The molecule has 3 aromatic rings. The summed E-state index contributed by atoms with van der Waals surface area (Å²) in [5.41, 5.74) is 2.10. The molecule has 3 nitrogen and oxygen atoms in total. The van der Waals surface area contributed by atoms with Crippen LogP contribution < -0.4 is 10.1 Å². The molecule has 1 atom stereocenters. The Morgan fingerprint density at radius 1 is 0.893 bits per heavy atom. The number of halogens is 3. The number of alkyl halides is 2. The van der Waals surface area contributed by atoms with Crippen LogP contribution in [0, 0.1) is 5.82 Å². The predicted octanol–water partition coefficient (Wildman–Crippen LogP) is 4.88. The minimum atomic E-state index is -2.90. The molecule has 0 bridgehead atoms. The van der Waals surface area contributed by atoms with Gasteiger partial charge in [0, 0.05) is 0 Å². The van der Waals surface area contributed by atoms with E-state index in [-0.39, 0.29) is 18.1 Å². The van der Waals surface area contributed by atoms with Crippen LogP contribution in [0.2, 0.25) is 0 Å². The summed E-state index contributed by atoms with van der Waals surface area (Å²) in [7, 11) is 0. The smallest absolute Gasteiger partial charge is 0.387 e. The molecule has 0 saturated heterocycles. The Balaban J connectivity index is 1.80. The van der Waals surface area contributed by atoms with Crippen molar-refractivity contribution in [2.45, 2.75) is 19.1 Å². The van der Waals surface area contributed by atoms with Gasteiger partial charge in [0.15, 0.2) is 0 Å². The molecule has 3 rings (SSSR count). The van der Waals surface area contributed by atoms with Crippen LogP contribution in [0.4, 0.5) is 13.2 Å². The zero-order chi connectivity index (χ0) is 19.9. The number of nitrogens with one attached hydrogen (secondary N) is 1. The first-order valence-corrected chi connectivity index (χ1v) is 8.65. The molecule has 1 unspecified atom stereocenters. The highest BCUT2D eigenvalue weighted by Crippen LogP contribution is 2.25. The van der Waals surface area contributed by atoms with E-state index in [1.807, 2.05) is 30.3 Å². The molecule has 0 fully saturated rings. The number of carbonyl (C=O) groups excluding carboxylic acids is 1. The SMILES string of the molecule is O=C(Cc1cccc(F)c1)NC(c1ccccc1)c1ccc(OC(F)F)cc1. The first-order valence-electron chi connectivity index (χ1n) is 8.65. The molecule has 144 valence electrons. The maximum Gasteiger partial charge on any atom is 0.387 e. The molecule has 0 saturated carbocycles. The van der Waals surface area contributed by atoms with Crippen molar-refractivity contribution >= 4 is 5.91 Å². The Labute approximate surface area is 160 Å². The number of ether oxygens (including phenoxy) is 1. The van der Waals surface area contributed by atoms with Crippen LogP contribution in [0.3, 0.4) is 0 Å². The zero-order valence-corrected chi connectivity index (χ0v) is 14.8. The van der Waals surface area contributed by atoms with E-state index in [1.54, 1.807) is 24.3 Å². The number of rotatable bonds is 7. The number of hydrogen-bond donors (Lipinski definition) is 1. The number of hydrogen-bond acceptors (Lipinski definition) is 2. The lowest BCUT2D eigenvalue weighted by atomic mass is 9.98. The predicted molar refractivity (Wildman–Crippen MR) is 99.6 cm³/mol. The van der Waals surface area contributed by atoms with Gasteiger partial charge in [-0.15, -0.1) is 0 Å². The van der Waals surface area contributed by atoms with E-state index in [4.69, 9.17) is 0 Å². The van der Waals surface area contributed by atoms with Gasteiger partial charge in [-0.2, -0.15) is 8.78 Å². The second-order valence-electron chi connectivity index (χ2n) is 6.17. The Hall–Kier alpha value is -3.28. The summed E-state index contributed by atoms with van der Waals surface area (Å²) >= 11 is 0. The minimum Gasteiger partial charge on any atom is -0.435 e. The first-order chi connectivity index (χ1) is 13.5. The Bertz CT molecular complexity index is 915. The van der Waals surface area contributed by atoms with Crippen LogP contribution in [0.5, 0.6) is 5.75 Å². The van der Waals surface area contributed by atoms with Crippen LogP contribution in [-0.4, -0.2) is 12.5 Å². The highest BCUT2D eigenvalue weighted by molar-refractivity contribution is 5.79. The molecule has 1 N–H and O–H groups in total. The standard InChI is InChI=1S/C22H18F3NO2/c23-18-8-4-5-15(13-18)14-20(27)26-21(16-6-2-1-3-7-16)17-9-11-19(12-10-17)28-22(24)25/h1-13,21-22H,14H2,(H,26,27). The summed E-state index contributed by atoms with van der Waals surface area (Å²) in [6, 6.07) is 20.7. The minimum absolute atomic E-state index is 0.0215. The fraction of sp³-hybridized carbons (Fsp3) is 0.136. The van der Waals surface area contributed by atoms with Gasteiger partial charge in [0.05, 0.1) is 12.5 Å². The third kappa shape index (κ3) is 5.36. The van der Waals surface area contributed by atoms with E-state index in [2.05, 4.69) is 10.1 Å². The van der Waals surface area contributed by atoms with Gasteiger partial charge in [-0.25, -0.2) is 4.39 Å². The Morgan fingerprint density at radius 2 is 1.57 bits per heavy atom. The molecular formula is C22H18F3NO2. The van der Waals surface area contributed by atoms with E-state index in [9.17, 15) is 18.0 Å². The van der Waals surface area contributed by atoms with Gasteiger partial charge in [0.2, 0.25) is 5.91 Å². The molecule has 0 spiro atoms. The summed E-state index contributed by atoms with van der Waals surface area (Å²) in [5.74, 6) is -0.650. The normalized spacial score (nSPS) is 11.9. The van der Waals surface area contributed by atoms with E-state index in [1.165, 1.54) is 24.3 Å². The average molecular weight is 385 g/mol. The van der Waals surface area contributed by atoms with Crippen molar-refractivity contribution in [3.8, 4) is 5.75 Å². The largest absolute Gasteiger partial charge is 0.435 e. The molecule has 3 aromatic carbocycles. The molecule has 0 heterocycles. The van der Waals surface area contributed by atoms with Gasteiger partial charge in [-0.05, 0) is 41.0 Å². The van der Waals surface area contributed by atoms with Crippen LogP contribution in [0.15, 0.2) is 78.9 Å². The number of carbonyl (C=O) groups is 1. The van der Waals surface area contributed by atoms with E-state index in [0.29, 0.717) is 11.1 Å². The van der Waals surface area contributed by atoms with Gasteiger partial charge in [-0.1, -0.05) is 54.6 Å². The van der Waals surface area contributed by atoms with Crippen molar-refractivity contribution in [1.82, 2.24) is 5.32 Å². The van der Waals surface area contributed by atoms with Gasteiger partial charge in [0.1, 0.15) is 11.6 Å². The Morgan fingerprint density at radius 3 is 2.21 bits per heavy atom. The number of amides is 1. The summed E-state index contributed by atoms with van der Waals surface area (Å²) in [6.07, 6.45) is 0.0215. The second kappa shape index (κ2) is 9.08. The van der Waals surface area contributed by atoms with Gasteiger partial charge in [0.25, 0.3) is 0 Å². The molecular weight excluding hydrogens is 367 g/mol. The van der Waals surface area contributed by atoms with Crippen LogP contribution >= 0.6 is 0 Å².